The van der Waals surface area contributed by atoms with Crippen LogP contribution in [0.1, 0.15) is 19.4 Å². The third kappa shape index (κ3) is 5.52. The second-order valence-electron chi connectivity index (χ2n) is 6.23. The predicted molar refractivity (Wildman–Crippen MR) is 126 cm³/mol. The van der Waals surface area contributed by atoms with E-state index >= 15 is 0 Å². The fourth-order valence-electron chi connectivity index (χ4n) is 2.89. The van der Waals surface area contributed by atoms with Gasteiger partial charge in [0.1, 0.15) is 5.75 Å². The molecule has 0 bridgehead atoms. The molecule has 1 atom stereocenters. The monoisotopic (exact) mass is 529 g/mol. The van der Waals surface area contributed by atoms with Crippen molar-refractivity contribution in [2.75, 3.05) is 6.61 Å². The van der Waals surface area contributed by atoms with Crippen molar-refractivity contribution in [3.05, 3.63) is 53.7 Å². The van der Waals surface area contributed by atoms with Crippen LogP contribution in [-0.2, 0) is 4.74 Å². The van der Waals surface area contributed by atoms with Gasteiger partial charge >= 0.3 is 3.92 Å². The van der Waals surface area contributed by atoms with Crippen molar-refractivity contribution in [2.24, 2.45) is 5.10 Å². The summed E-state index contributed by atoms with van der Waals surface area (Å²) in [4.78, 5) is 0. The van der Waals surface area contributed by atoms with Crippen molar-refractivity contribution in [1.29, 1.82) is 0 Å². The maximum Gasteiger partial charge on any atom is 0.301 e. The van der Waals surface area contributed by atoms with Crippen molar-refractivity contribution in [3.8, 4) is 5.75 Å². The van der Waals surface area contributed by atoms with Gasteiger partial charge in [0, 0.05) is 17.6 Å². The molecule has 11 heteroatoms. The molecule has 3 rings (SSSR count). The zero-order valence-electron chi connectivity index (χ0n) is 15.8. The SMILES string of the molecule is CCOC(C)Oc1ccc(C2=NN(C(Cl)(Cl)Cl)NC(C(Cl)(Cl)Cl)=C2)c2ccccc12. The Morgan fingerprint density at radius 2 is 1.70 bits per heavy atom. The van der Waals surface area contributed by atoms with Gasteiger partial charge in [-0.05, 0) is 37.4 Å². The van der Waals surface area contributed by atoms with Crippen LogP contribution in [0.15, 0.2) is 53.3 Å². The number of hydrogen-bond acceptors (Lipinski definition) is 5. The van der Waals surface area contributed by atoms with Gasteiger partial charge < -0.3 is 9.47 Å². The number of hydrogen-bond donors (Lipinski definition) is 1. The summed E-state index contributed by atoms with van der Waals surface area (Å²) in [7, 11) is 0. The van der Waals surface area contributed by atoms with E-state index in [-0.39, 0.29) is 5.70 Å². The van der Waals surface area contributed by atoms with Crippen molar-refractivity contribution >= 4 is 86.1 Å². The molecule has 0 saturated heterocycles. The Morgan fingerprint density at radius 3 is 2.30 bits per heavy atom. The third-order valence-electron chi connectivity index (χ3n) is 4.12. The molecule has 30 heavy (non-hydrogen) atoms. The van der Waals surface area contributed by atoms with E-state index in [0.29, 0.717) is 18.1 Å². The predicted octanol–water partition coefficient (Wildman–Crippen LogP) is 6.71. The van der Waals surface area contributed by atoms with Crippen LogP contribution in [0.5, 0.6) is 5.75 Å². The molecule has 0 saturated carbocycles. The van der Waals surface area contributed by atoms with E-state index in [1.54, 1.807) is 6.08 Å². The minimum absolute atomic E-state index is 0.179. The van der Waals surface area contributed by atoms with E-state index < -0.39 is 14.0 Å². The average molecular weight is 532 g/mol. The number of hydrazone groups is 1. The molecule has 0 amide bonds. The first-order chi connectivity index (χ1) is 14.0. The number of alkyl halides is 6. The van der Waals surface area contributed by atoms with Crippen LogP contribution in [0.3, 0.4) is 0 Å². The van der Waals surface area contributed by atoms with Crippen LogP contribution >= 0.6 is 69.6 Å². The first kappa shape index (κ1) is 23.9. The Morgan fingerprint density at radius 1 is 1.03 bits per heavy atom. The zero-order valence-corrected chi connectivity index (χ0v) is 20.3. The molecule has 0 fully saturated rings. The molecular formula is C19H17Cl6N3O2. The molecule has 2 aromatic carbocycles. The summed E-state index contributed by atoms with van der Waals surface area (Å²) < 4.78 is 7.71. The van der Waals surface area contributed by atoms with E-state index in [0.717, 1.165) is 21.5 Å². The molecule has 1 N–H and O–H groups in total. The fourth-order valence-corrected chi connectivity index (χ4v) is 3.42. The highest BCUT2D eigenvalue weighted by molar-refractivity contribution is 6.69. The zero-order chi connectivity index (χ0) is 22.1. The molecule has 0 aliphatic carbocycles. The highest BCUT2D eigenvalue weighted by atomic mass is 35.6. The third-order valence-corrected chi connectivity index (χ3v) is 5.21. The van der Waals surface area contributed by atoms with Gasteiger partial charge in [0.15, 0.2) is 6.29 Å². The summed E-state index contributed by atoms with van der Waals surface area (Å²) in [5, 5.41) is 7.09. The first-order valence-electron chi connectivity index (χ1n) is 8.82. The molecule has 1 heterocycles. The number of ether oxygens (including phenoxy) is 2. The Bertz CT molecular complexity index is 984. The summed E-state index contributed by atoms with van der Waals surface area (Å²) in [6.07, 6.45) is 1.18. The van der Waals surface area contributed by atoms with E-state index in [9.17, 15) is 0 Å². The summed E-state index contributed by atoms with van der Waals surface area (Å²) in [5.41, 5.74) is 4.05. The van der Waals surface area contributed by atoms with Gasteiger partial charge in [-0.1, -0.05) is 93.9 Å². The number of nitrogens with zero attached hydrogens (tertiary/aromatic N) is 2. The van der Waals surface area contributed by atoms with Crippen LogP contribution in [-0.4, -0.2) is 31.4 Å². The highest BCUT2D eigenvalue weighted by Crippen LogP contribution is 2.39. The number of fused-ring (bicyclic) bond motifs is 1. The van der Waals surface area contributed by atoms with Crippen LogP contribution in [0.2, 0.25) is 0 Å². The van der Waals surface area contributed by atoms with Crippen molar-refractivity contribution in [1.82, 2.24) is 10.5 Å². The highest BCUT2D eigenvalue weighted by Gasteiger charge is 2.37. The molecule has 5 nitrogen and oxygen atoms in total. The topological polar surface area (TPSA) is 46.1 Å². The van der Waals surface area contributed by atoms with Gasteiger partial charge in [-0.25, -0.2) is 0 Å². The lowest BCUT2D eigenvalue weighted by atomic mass is 9.99. The molecule has 0 radical (unpaired) electrons. The van der Waals surface area contributed by atoms with Gasteiger partial charge in [-0.15, -0.1) is 0 Å². The quantitative estimate of drug-likeness (QED) is 0.265. The van der Waals surface area contributed by atoms with Crippen molar-refractivity contribution in [2.45, 2.75) is 27.8 Å². The van der Waals surface area contributed by atoms with E-state index in [1.807, 2.05) is 50.2 Å². The van der Waals surface area contributed by atoms with Crippen LogP contribution in [0.4, 0.5) is 0 Å². The number of halogens is 6. The summed E-state index contributed by atoms with van der Waals surface area (Å²) in [6.45, 7) is 4.28. The second-order valence-corrected chi connectivity index (χ2v) is 10.7. The van der Waals surface area contributed by atoms with Gasteiger partial charge in [-0.3, -0.25) is 5.43 Å². The minimum atomic E-state index is -1.92. The van der Waals surface area contributed by atoms with E-state index in [2.05, 4.69) is 10.5 Å². The lowest BCUT2D eigenvalue weighted by Crippen LogP contribution is -2.47. The Hall–Kier alpha value is -0.790. The summed E-state index contributed by atoms with van der Waals surface area (Å²) >= 11 is 36.2. The van der Waals surface area contributed by atoms with Gasteiger partial charge in [0.05, 0.1) is 11.4 Å². The van der Waals surface area contributed by atoms with E-state index in [1.165, 1.54) is 0 Å². The van der Waals surface area contributed by atoms with Gasteiger partial charge in [0.2, 0.25) is 3.79 Å². The van der Waals surface area contributed by atoms with E-state index in [4.69, 9.17) is 79.1 Å². The standard InChI is InChI=1S/C19H17Cl6N3O2/c1-3-29-11(2)30-16-9-8-13(12-6-4-5-7-14(12)16)15-10-17(18(20,21)22)27-28(26-15)19(23,24)25/h4-11,27H,3H2,1-2H3. The lowest BCUT2D eigenvalue weighted by molar-refractivity contribution is -0.0605. The molecular weight excluding hydrogens is 515 g/mol. The molecule has 162 valence electrons. The van der Waals surface area contributed by atoms with Crippen molar-refractivity contribution < 1.29 is 9.47 Å². The number of nitrogens with one attached hydrogen (secondary N) is 1. The maximum absolute atomic E-state index is 6.07. The largest absolute Gasteiger partial charge is 0.465 e. The molecule has 1 aliphatic heterocycles. The smallest absolute Gasteiger partial charge is 0.301 e. The summed E-state index contributed by atoms with van der Waals surface area (Å²) in [5.74, 6) is 0.661. The van der Waals surface area contributed by atoms with Gasteiger partial charge in [0.25, 0.3) is 0 Å². The van der Waals surface area contributed by atoms with Crippen molar-refractivity contribution in [3.63, 3.8) is 0 Å². The second kappa shape index (κ2) is 9.37. The Balaban J connectivity index is 2.13. The molecule has 1 unspecified atom stereocenters. The first-order valence-corrected chi connectivity index (χ1v) is 11.1. The van der Waals surface area contributed by atoms with Crippen LogP contribution < -0.4 is 10.2 Å². The van der Waals surface area contributed by atoms with Crippen LogP contribution in [0, 0.1) is 0 Å². The molecule has 2 aromatic rings. The Labute approximate surface area is 204 Å². The lowest BCUT2D eigenvalue weighted by Gasteiger charge is -2.34. The molecule has 0 spiro atoms. The fraction of sp³-hybridized carbons (Fsp3) is 0.316. The normalized spacial score (nSPS) is 16.1. The number of allylic oxidation sites excluding steroid dienone is 2. The molecule has 0 aromatic heterocycles. The average Bonchev–Trinajstić information content (AvgIpc) is 2.67. The number of rotatable bonds is 5. The van der Waals surface area contributed by atoms with Gasteiger partial charge in [-0.2, -0.15) is 10.2 Å². The maximum atomic E-state index is 6.07. The number of benzene rings is 2. The summed E-state index contributed by atoms with van der Waals surface area (Å²) in [6, 6.07) is 11.3. The number of hydrazine groups is 1. The Kier molecular flexibility index (Phi) is 7.45. The molecule has 1 aliphatic rings. The van der Waals surface area contributed by atoms with Crippen LogP contribution in [0.25, 0.3) is 10.8 Å². The minimum Gasteiger partial charge on any atom is -0.465 e.